The van der Waals surface area contributed by atoms with E-state index in [9.17, 15) is 9.59 Å². The van der Waals surface area contributed by atoms with Crippen LogP contribution in [0.25, 0.3) is 10.6 Å². The lowest BCUT2D eigenvalue weighted by Crippen LogP contribution is -2.38. The Morgan fingerprint density at radius 1 is 1.07 bits per heavy atom. The van der Waals surface area contributed by atoms with Crippen LogP contribution in [0.15, 0.2) is 53.9 Å². The van der Waals surface area contributed by atoms with E-state index >= 15 is 0 Å². The summed E-state index contributed by atoms with van der Waals surface area (Å²) >= 11 is 1.64. The number of aromatic nitrogens is 2. The molecule has 1 fully saturated rings. The first kappa shape index (κ1) is 20.0. The van der Waals surface area contributed by atoms with Crippen molar-refractivity contribution >= 4 is 34.7 Å². The van der Waals surface area contributed by atoms with Gasteiger partial charge in [0.15, 0.2) is 5.82 Å². The highest BCUT2D eigenvalue weighted by atomic mass is 32.1. The van der Waals surface area contributed by atoms with Gasteiger partial charge in [0.1, 0.15) is 5.69 Å². The first-order valence-electron chi connectivity index (χ1n) is 9.76. The number of carbonyl (C=O) groups excluding carboxylic acids is 2. The van der Waals surface area contributed by atoms with E-state index in [1.807, 2.05) is 29.6 Å². The molecule has 1 aliphatic rings. The second-order valence-electron chi connectivity index (χ2n) is 7.04. The maximum atomic E-state index is 12.7. The monoisotopic (exact) mass is 422 g/mol. The zero-order chi connectivity index (χ0) is 20.9. The number of para-hydroxylation sites is 1. The van der Waals surface area contributed by atoms with E-state index in [4.69, 9.17) is 4.74 Å². The van der Waals surface area contributed by atoms with Gasteiger partial charge in [-0.15, -0.1) is 21.5 Å². The number of amides is 1. The molecule has 0 bridgehead atoms. The first-order chi connectivity index (χ1) is 14.7. The summed E-state index contributed by atoms with van der Waals surface area (Å²) in [5.41, 5.74) is 1.70. The van der Waals surface area contributed by atoms with Crippen LogP contribution in [-0.2, 0) is 9.53 Å². The third kappa shape index (κ3) is 4.33. The number of ether oxygens (including phenoxy) is 1. The number of benzene rings is 1. The molecule has 1 N–H and O–H groups in total. The normalized spacial score (nSPS) is 14.4. The minimum Gasteiger partial charge on any atom is -0.465 e. The van der Waals surface area contributed by atoms with Gasteiger partial charge in [0, 0.05) is 19.0 Å². The molecule has 0 aliphatic carbocycles. The summed E-state index contributed by atoms with van der Waals surface area (Å²) in [4.78, 5) is 27.9. The number of anilines is 2. The number of nitrogens with one attached hydrogen (secondary N) is 1. The SMILES string of the molecule is COC(=O)c1ccccc1NC(=O)C1CCN(c2ccc(-c3cccs3)nn2)CC1. The number of thiophene rings is 1. The van der Waals surface area contributed by atoms with Gasteiger partial charge in [0.2, 0.25) is 5.91 Å². The van der Waals surface area contributed by atoms with Crippen molar-refractivity contribution in [1.29, 1.82) is 0 Å². The summed E-state index contributed by atoms with van der Waals surface area (Å²) in [7, 11) is 1.33. The molecule has 3 heterocycles. The van der Waals surface area contributed by atoms with Crippen molar-refractivity contribution in [2.45, 2.75) is 12.8 Å². The molecular weight excluding hydrogens is 400 g/mol. The van der Waals surface area contributed by atoms with Crippen molar-refractivity contribution < 1.29 is 14.3 Å². The van der Waals surface area contributed by atoms with Crippen LogP contribution in [0, 0.1) is 5.92 Å². The fourth-order valence-corrected chi connectivity index (χ4v) is 4.23. The summed E-state index contributed by atoms with van der Waals surface area (Å²) in [6, 6.07) is 14.9. The lowest BCUT2D eigenvalue weighted by atomic mass is 9.95. The Hall–Kier alpha value is -3.26. The highest BCUT2D eigenvalue weighted by Gasteiger charge is 2.26. The van der Waals surface area contributed by atoms with Crippen molar-refractivity contribution in [2.24, 2.45) is 5.92 Å². The smallest absolute Gasteiger partial charge is 0.339 e. The summed E-state index contributed by atoms with van der Waals surface area (Å²) < 4.78 is 4.79. The maximum Gasteiger partial charge on any atom is 0.339 e. The zero-order valence-electron chi connectivity index (χ0n) is 16.6. The van der Waals surface area contributed by atoms with Gasteiger partial charge in [-0.1, -0.05) is 18.2 Å². The Morgan fingerprint density at radius 2 is 1.87 bits per heavy atom. The molecule has 0 saturated carbocycles. The predicted octanol–water partition coefficient (Wildman–Crippen LogP) is 3.85. The lowest BCUT2D eigenvalue weighted by molar-refractivity contribution is -0.120. The molecule has 30 heavy (non-hydrogen) atoms. The van der Waals surface area contributed by atoms with Crippen LogP contribution in [0.2, 0.25) is 0 Å². The van der Waals surface area contributed by atoms with Gasteiger partial charge in [-0.2, -0.15) is 0 Å². The number of nitrogens with zero attached hydrogens (tertiary/aromatic N) is 3. The molecule has 1 aromatic carbocycles. The molecule has 1 aliphatic heterocycles. The molecule has 8 heteroatoms. The largest absolute Gasteiger partial charge is 0.465 e. The van der Waals surface area contributed by atoms with Crippen molar-refractivity contribution in [2.75, 3.05) is 30.4 Å². The van der Waals surface area contributed by atoms with E-state index in [2.05, 4.69) is 20.4 Å². The number of hydrogen-bond donors (Lipinski definition) is 1. The second-order valence-corrected chi connectivity index (χ2v) is 7.99. The third-order valence-corrected chi connectivity index (χ3v) is 6.10. The molecule has 0 radical (unpaired) electrons. The molecule has 7 nitrogen and oxygen atoms in total. The average Bonchev–Trinajstić information content (AvgIpc) is 3.34. The molecule has 0 unspecified atom stereocenters. The maximum absolute atomic E-state index is 12.7. The van der Waals surface area contributed by atoms with Crippen molar-refractivity contribution in [3.05, 3.63) is 59.5 Å². The van der Waals surface area contributed by atoms with Crippen LogP contribution in [-0.4, -0.2) is 42.3 Å². The van der Waals surface area contributed by atoms with E-state index in [1.165, 1.54) is 7.11 Å². The third-order valence-electron chi connectivity index (χ3n) is 5.20. The van der Waals surface area contributed by atoms with Crippen molar-refractivity contribution in [1.82, 2.24) is 10.2 Å². The standard InChI is InChI=1S/C22H22N4O3S/c1-29-22(28)16-5-2-3-6-17(16)23-21(27)15-10-12-26(13-11-15)20-9-8-18(24-25-20)19-7-4-14-30-19/h2-9,14-15H,10-13H2,1H3,(H,23,27). The average molecular weight is 423 g/mol. The first-order valence-corrected chi connectivity index (χ1v) is 10.6. The summed E-state index contributed by atoms with van der Waals surface area (Å²) in [5, 5.41) is 13.6. The van der Waals surface area contributed by atoms with Crippen LogP contribution < -0.4 is 10.2 Å². The lowest BCUT2D eigenvalue weighted by Gasteiger charge is -2.31. The Kier molecular flexibility index (Phi) is 6.04. The number of carbonyl (C=O) groups is 2. The van der Waals surface area contributed by atoms with Gasteiger partial charge < -0.3 is 15.0 Å². The molecule has 1 amide bonds. The number of hydrogen-bond acceptors (Lipinski definition) is 7. The Balaban J connectivity index is 1.36. The summed E-state index contributed by atoms with van der Waals surface area (Å²) in [6.07, 6.45) is 1.42. The summed E-state index contributed by atoms with van der Waals surface area (Å²) in [5.74, 6) is 0.158. The van der Waals surface area contributed by atoms with Gasteiger partial charge in [-0.25, -0.2) is 4.79 Å². The number of piperidine rings is 1. The zero-order valence-corrected chi connectivity index (χ0v) is 17.4. The molecule has 1 saturated heterocycles. The van der Waals surface area contributed by atoms with Crippen LogP contribution in [0.5, 0.6) is 0 Å². The minimum absolute atomic E-state index is 0.0786. The van der Waals surface area contributed by atoms with Gasteiger partial charge in [-0.3, -0.25) is 4.79 Å². The summed E-state index contributed by atoms with van der Waals surface area (Å²) in [6.45, 7) is 1.45. The highest BCUT2D eigenvalue weighted by molar-refractivity contribution is 7.13. The van der Waals surface area contributed by atoms with Crippen LogP contribution >= 0.6 is 11.3 Å². The molecule has 4 rings (SSSR count). The topological polar surface area (TPSA) is 84.4 Å². The number of methoxy groups -OCH3 is 1. The second kappa shape index (κ2) is 9.04. The van der Waals surface area contributed by atoms with E-state index in [0.29, 0.717) is 24.1 Å². The van der Waals surface area contributed by atoms with E-state index in [1.54, 1.807) is 35.6 Å². The van der Waals surface area contributed by atoms with Gasteiger partial charge in [0.25, 0.3) is 0 Å². The highest BCUT2D eigenvalue weighted by Crippen LogP contribution is 2.26. The predicted molar refractivity (Wildman–Crippen MR) is 117 cm³/mol. The van der Waals surface area contributed by atoms with Gasteiger partial charge >= 0.3 is 5.97 Å². The van der Waals surface area contributed by atoms with Gasteiger partial charge in [-0.05, 0) is 48.6 Å². The van der Waals surface area contributed by atoms with E-state index < -0.39 is 5.97 Å². The Morgan fingerprint density at radius 3 is 2.53 bits per heavy atom. The van der Waals surface area contributed by atoms with Crippen molar-refractivity contribution in [3.8, 4) is 10.6 Å². The molecule has 2 aromatic heterocycles. The fourth-order valence-electron chi connectivity index (χ4n) is 3.54. The quantitative estimate of drug-likeness (QED) is 0.629. The number of esters is 1. The molecule has 0 atom stereocenters. The molecular formula is C22H22N4O3S. The van der Waals surface area contributed by atoms with E-state index in [-0.39, 0.29) is 11.8 Å². The minimum atomic E-state index is -0.467. The number of rotatable bonds is 5. The van der Waals surface area contributed by atoms with Crippen LogP contribution in [0.4, 0.5) is 11.5 Å². The fraction of sp³-hybridized carbons (Fsp3) is 0.273. The molecule has 154 valence electrons. The van der Waals surface area contributed by atoms with Crippen LogP contribution in [0.3, 0.4) is 0 Å². The molecule has 3 aromatic rings. The van der Waals surface area contributed by atoms with E-state index in [0.717, 1.165) is 29.5 Å². The van der Waals surface area contributed by atoms with Crippen molar-refractivity contribution in [3.63, 3.8) is 0 Å². The Bertz CT molecular complexity index is 1010. The van der Waals surface area contributed by atoms with Crippen LogP contribution in [0.1, 0.15) is 23.2 Å². The Labute approximate surface area is 178 Å². The molecule has 0 spiro atoms. The van der Waals surface area contributed by atoms with Gasteiger partial charge in [0.05, 0.1) is 23.2 Å².